The second-order valence-corrected chi connectivity index (χ2v) is 4.47. The van der Waals surface area contributed by atoms with Crippen LogP contribution in [0.3, 0.4) is 0 Å². The monoisotopic (exact) mass is 329 g/mol. The van der Waals surface area contributed by atoms with Gasteiger partial charge in [0.15, 0.2) is 11.5 Å². The van der Waals surface area contributed by atoms with E-state index in [1.807, 2.05) is 6.92 Å². The second kappa shape index (κ2) is 7.63. The summed E-state index contributed by atoms with van der Waals surface area (Å²) in [4.78, 5) is 10.5. The number of hydrogen-bond donors (Lipinski definition) is 2. The van der Waals surface area contributed by atoms with Crippen LogP contribution in [-0.4, -0.2) is 26.0 Å². The van der Waals surface area contributed by atoms with Crippen LogP contribution < -0.4 is 20.6 Å². The third-order valence-electron chi connectivity index (χ3n) is 2.09. The zero-order valence-corrected chi connectivity index (χ0v) is 12.4. The first-order valence-electron chi connectivity index (χ1n) is 5.67. The topological polar surface area (TPSA) is 85.9 Å². The number of urea groups is 1. The highest BCUT2D eigenvalue weighted by Gasteiger charge is 2.10. The van der Waals surface area contributed by atoms with Gasteiger partial charge >= 0.3 is 6.03 Å². The van der Waals surface area contributed by atoms with E-state index in [1.165, 1.54) is 6.21 Å². The van der Waals surface area contributed by atoms with Crippen molar-refractivity contribution in [2.75, 3.05) is 13.7 Å². The van der Waals surface area contributed by atoms with E-state index in [1.54, 1.807) is 19.2 Å². The number of nitrogens with zero attached hydrogens (tertiary/aromatic N) is 1. The van der Waals surface area contributed by atoms with E-state index in [4.69, 9.17) is 15.2 Å². The molecule has 0 aliphatic carbocycles. The lowest BCUT2D eigenvalue weighted by Gasteiger charge is -2.12. The molecule has 0 bridgehead atoms. The number of nitrogens with two attached hydrogens (primary N) is 1. The Morgan fingerprint density at radius 1 is 1.58 bits per heavy atom. The van der Waals surface area contributed by atoms with E-state index in [-0.39, 0.29) is 0 Å². The molecule has 19 heavy (non-hydrogen) atoms. The van der Waals surface area contributed by atoms with Gasteiger partial charge in [0.05, 0.1) is 24.4 Å². The number of primary amides is 1. The van der Waals surface area contributed by atoms with E-state index in [0.29, 0.717) is 18.1 Å². The quantitative estimate of drug-likeness (QED) is 0.620. The van der Waals surface area contributed by atoms with Gasteiger partial charge in [0.2, 0.25) is 0 Å². The molecule has 6 nitrogen and oxygen atoms in total. The van der Waals surface area contributed by atoms with Crippen molar-refractivity contribution >= 4 is 28.2 Å². The van der Waals surface area contributed by atoms with Crippen LogP contribution >= 0.6 is 15.9 Å². The average molecular weight is 330 g/mol. The Labute approximate surface area is 120 Å². The highest BCUT2D eigenvalue weighted by atomic mass is 79.9. The lowest BCUT2D eigenvalue weighted by molar-refractivity contribution is 0.249. The van der Waals surface area contributed by atoms with Crippen molar-refractivity contribution in [3.8, 4) is 11.5 Å². The summed E-state index contributed by atoms with van der Waals surface area (Å²) in [6, 6.07) is 2.84. The van der Waals surface area contributed by atoms with Crippen molar-refractivity contribution in [1.29, 1.82) is 0 Å². The Balaban J connectivity index is 2.95. The molecular formula is C12H16BrN3O3. The number of benzene rings is 1. The number of amides is 2. The Kier molecular flexibility index (Phi) is 6.14. The van der Waals surface area contributed by atoms with Crippen LogP contribution in [0.15, 0.2) is 21.7 Å². The molecule has 3 N–H and O–H groups in total. The van der Waals surface area contributed by atoms with Crippen LogP contribution in [0.4, 0.5) is 4.79 Å². The summed E-state index contributed by atoms with van der Waals surface area (Å²) in [5.41, 5.74) is 7.76. The summed E-state index contributed by atoms with van der Waals surface area (Å²) in [5, 5.41) is 3.68. The molecular weight excluding hydrogens is 314 g/mol. The lowest BCUT2D eigenvalue weighted by Crippen LogP contribution is -2.24. The third-order valence-corrected chi connectivity index (χ3v) is 2.68. The molecule has 0 radical (unpaired) electrons. The summed E-state index contributed by atoms with van der Waals surface area (Å²) in [7, 11) is 1.56. The number of methoxy groups -OCH3 is 1. The predicted octanol–water partition coefficient (Wildman–Crippen LogP) is 2.25. The number of ether oxygens (including phenoxy) is 2. The summed E-state index contributed by atoms with van der Waals surface area (Å²) in [6.45, 7) is 2.63. The van der Waals surface area contributed by atoms with E-state index in [9.17, 15) is 4.79 Å². The Morgan fingerprint density at radius 3 is 2.89 bits per heavy atom. The first-order chi connectivity index (χ1) is 9.08. The molecule has 0 aliphatic rings. The predicted molar refractivity (Wildman–Crippen MR) is 76.8 cm³/mol. The van der Waals surface area contributed by atoms with E-state index >= 15 is 0 Å². The number of hydrogen-bond acceptors (Lipinski definition) is 4. The maximum atomic E-state index is 10.5. The molecule has 0 spiro atoms. The van der Waals surface area contributed by atoms with Crippen LogP contribution in [0, 0.1) is 0 Å². The Hall–Kier alpha value is -1.76. The van der Waals surface area contributed by atoms with Gasteiger partial charge in [-0.3, -0.25) is 0 Å². The number of rotatable bonds is 6. The number of hydrazone groups is 1. The summed E-state index contributed by atoms with van der Waals surface area (Å²) >= 11 is 3.41. The standard InChI is InChI=1S/C12H16BrN3O3/c1-3-4-19-11-9(13)5-8(6-10(11)18-2)7-15-16-12(14)17/h5-7H,3-4H2,1-2H3,(H3,14,16,17)/b15-7+. The van der Waals surface area contributed by atoms with Crippen molar-refractivity contribution in [2.45, 2.75) is 13.3 Å². The van der Waals surface area contributed by atoms with Gasteiger partial charge in [-0.1, -0.05) is 6.92 Å². The molecule has 0 aromatic heterocycles. The summed E-state index contributed by atoms with van der Waals surface area (Å²) in [5.74, 6) is 1.23. The van der Waals surface area contributed by atoms with E-state index in [0.717, 1.165) is 16.5 Å². The van der Waals surface area contributed by atoms with Crippen LogP contribution in [0.2, 0.25) is 0 Å². The number of carbonyl (C=O) groups is 1. The van der Waals surface area contributed by atoms with Crippen molar-refractivity contribution in [3.63, 3.8) is 0 Å². The van der Waals surface area contributed by atoms with Gasteiger partial charge in [0.25, 0.3) is 0 Å². The first-order valence-corrected chi connectivity index (χ1v) is 6.46. The fraction of sp³-hybridized carbons (Fsp3) is 0.333. The van der Waals surface area contributed by atoms with Gasteiger partial charge in [0, 0.05) is 0 Å². The van der Waals surface area contributed by atoms with Crippen molar-refractivity contribution in [1.82, 2.24) is 5.43 Å². The maximum absolute atomic E-state index is 10.5. The molecule has 0 saturated carbocycles. The van der Waals surface area contributed by atoms with Crippen LogP contribution in [0.25, 0.3) is 0 Å². The smallest absolute Gasteiger partial charge is 0.332 e. The molecule has 2 amide bonds. The van der Waals surface area contributed by atoms with Crippen LogP contribution in [0.5, 0.6) is 11.5 Å². The number of halogens is 1. The SMILES string of the molecule is CCCOc1c(Br)cc(/C=N/NC(N)=O)cc1OC. The first kappa shape index (κ1) is 15.3. The Bertz CT molecular complexity index is 478. The van der Waals surface area contributed by atoms with Crippen LogP contribution in [0.1, 0.15) is 18.9 Å². The minimum absolute atomic E-state index is 0.586. The highest BCUT2D eigenvalue weighted by molar-refractivity contribution is 9.10. The van der Waals surface area contributed by atoms with Crippen molar-refractivity contribution in [2.24, 2.45) is 10.8 Å². The van der Waals surface area contributed by atoms with E-state index < -0.39 is 6.03 Å². The van der Waals surface area contributed by atoms with E-state index in [2.05, 4.69) is 26.5 Å². The maximum Gasteiger partial charge on any atom is 0.332 e. The molecule has 1 aromatic carbocycles. The fourth-order valence-electron chi connectivity index (χ4n) is 1.33. The van der Waals surface area contributed by atoms with Gasteiger partial charge in [-0.15, -0.1) is 0 Å². The van der Waals surface area contributed by atoms with Gasteiger partial charge in [-0.05, 0) is 40.0 Å². The normalized spacial score (nSPS) is 10.5. The molecule has 0 aliphatic heterocycles. The van der Waals surface area contributed by atoms with Gasteiger partial charge < -0.3 is 15.2 Å². The molecule has 1 rings (SSSR count). The highest BCUT2D eigenvalue weighted by Crippen LogP contribution is 2.36. The number of nitrogens with one attached hydrogen (secondary N) is 1. The lowest BCUT2D eigenvalue weighted by atomic mass is 10.2. The fourth-order valence-corrected chi connectivity index (χ4v) is 1.90. The largest absolute Gasteiger partial charge is 0.493 e. The second-order valence-electron chi connectivity index (χ2n) is 3.62. The Morgan fingerprint density at radius 2 is 2.32 bits per heavy atom. The third kappa shape index (κ3) is 4.78. The molecule has 1 aromatic rings. The molecule has 0 unspecified atom stereocenters. The summed E-state index contributed by atoms with van der Waals surface area (Å²) < 4.78 is 11.6. The zero-order valence-electron chi connectivity index (χ0n) is 10.8. The van der Waals surface area contributed by atoms with Crippen molar-refractivity contribution in [3.05, 3.63) is 22.2 Å². The molecule has 0 saturated heterocycles. The van der Waals surface area contributed by atoms with Gasteiger partial charge in [-0.25, -0.2) is 10.2 Å². The minimum atomic E-state index is -0.717. The molecule has 0 atom stereocenters. The average Bonchev–Trinajstić information content (AvgIpc) is 2.36. The zero-order chi connectivity index (χ0) is 14.3. The van der Waals surface area contributed by atoms with Crippen molar-refractivity contribution < 1.29 is 14.3 Å². The van der Waals surface area contributed by atoms with Gasteiger partial charge in [0.1, 0.15) is 0 Å². The minimum Gasteiger partial charge on any atom is -0.493 e. The van der Waals surface area contributed by atoms with Gasteiger partial charge in [-0.2, -0.15) is 5.10 Å². The number of carbonyl (C=O) groups excluding carboxylic acids is 1. The summed E-state index contributed by atoms with van der Waals surface area (Å²) in [6.07, 6.45) is 2.36. The molecule has 0 fully saturated rings. The van der Waals surface area contributed by atoms with Crippen LogP contribution in [-0.2, 0) is 0 Å². The molecule has 104 valence electrons. The molecule has 0 heterocycles. The molecule has 7 heteroatoms.